The molecule has 0 bridgehead atoms. The summed E-state index contributed by atoms with van der Waals surface area (Å²) in [4.78, 5) is 4.14. The molecule has 1 N–H and O–H groups in total. The fraction of sp³-hybridized carbons (Fsp3) is 0.714. The van der Waals surface area contributed by atoms with E-state index in [-0.39, 0.29) is 6.10 Å². The molecule has 3 heteroatoms. The van der Waals surface area contributed by atoms with Gasteiger partial charge in [-0.3, -0.25) is 4.99 Å². The summed E-state index contributed by atoms with van der Waals surface area (Å²) >= 11 is 0. The van der Waals surface area contributed by atoms with Crippen molar-refractivity contribution in [2.24, 2.45) is 4.99 Å². The van der Waals surface area contributed by atoms with Crippen LogP contribution in [-0.4, -0.2) is 31.7 Å². The maximum absolute atomic E-state index is 6.95. The summed E-state index contributed by atoms with van der Waals surface area (Å²) in [6.45, 7) is 0.809. The van der Waals surface area contributed by atoms with Crippen LogP contribution in [0.25, 0.3) is 0 Å². The van der Waals surface area contributed by atoms with E-state index in [9.17, 15) is 0 Å². The highest BCUT2D eigenvalue weighted by Crippen LogP contribution is 2.09. The molecule has 3 nitrogen and oxygen atoms in total. The molecule has 1 unspecified atom stereocenters. The monoisotopic (exact) mass is 140 g/mol. The normalized spacial score (nSPS) is 25.7. The molecule has 0 aromatic heterocycles. The first-order valence-electron chi connectivity index (χ1n) is 3.43. The van der Waals surface area contributed by atoms with Crippen LogP contribution in [0.3, 0.4) is 0 Å². The molecule has 0 amide bonds. The summed E-state index contributed by atoms with van der Waals surface area (Å²) in [5.41, 5.74) is 0.859. The third-order valence-electron chi connectivity index (χ3n) is 1.70. The number of ether oxygens (including phenoxy) is 1. The van der Waals surface area contributed by atoms with Crippen LogP contribution >= 0.6 is 0 Å². The molecular formula is C7H12N2O. The highest BCUT2D eigenvalue weighted by molar-refractivity contribution is 6.29. The van der Waals surface area contributed by atoms with Gasteiger partial charge in [0.15, 0.2) is 0 Å². The van der Waals surface area contributed by atoms with Gasteiger partial charge in [0.25, 0.3) is 0 Å². The average molecular weight is 140 g/mol. The van der Waals surface area contributed by atoms with E-state index >= 15 is 0 Å². The van der Waals surface area contributed by atoms with Gasteiger partial charge in [-0.15, -0.1) is 0 Å². The molecule has 0 aromatic rings. The number of nitrogens with one attached hydrogen (secondary N) is 1. The van der Waals surface area contributed by atoms with E-state index in [1.54, 1.807) is 7.11 Å². The maximum atomic E-state index is 6.95. The fourth-order valence-electron chi connectivity index (χ4n) is 1.06. The Hall–Kier alpha value is -0.700. The minimum Gasteiger partial charge on any atom is -0.381 e. The molecular weight excluding hydrogens is 128 g/mol. The third-order valence-corrected chi connectivity index (χ3v) is 1.70. The van der Waals surface area contributed by atoms with Crippen molar-refractivity contribution < 1.29 is 4.74 Å². The van der Waals surface area contributed by atoms with Crippen molar-refractivity contribution in [2.75, 3.05) is 13.7 Å². The van der Waals surface area contributed by atoms with E-state index in [0.29, 0.717) is 0 Å². The second kappa shape index (κ2) is 3.46. The smallest absolute Gasteiger partial charge is 0.0644 e. The van der Waals surface area contributed by atoms with Gasteiger partial charge in [0.1, 0.15) is 0 Å². The summed E-state index contributed by atoms with van der Waals surface area (Å²) in [6.07, 6.45) is 3.40. The van der Waals surface area contributed by atoms with Gasteiger partial charge in [-0.25, -0.2) is 0 Å². The molecule has 1 heterocycles. The molecule has 1 aliphatic heterocycles. The zero-order valence-electron chi connectivity index (χ0n) is 6.13. The Kier molecular flexibility index (Phi) is 2.57. The van der Waals surface area contributed by atoms with Crippen molar-refractivity contribution in [1.82, 2.24) is 0 Å². The van der Waals surface area contributed by atoms with E-state index in [1.165, 1.54) is 6.21 Å². The molecule has 0 saturated heterocycles. The van der Waals surface area contributed by atoms with Gasteiger partial charge in [-0.05, 0) is 6.42 Å². The largest absolute Gasteiger partial charge is 0.381 e. The highest BCUT2D eigenvalue weighted by Gasteiger charge is 2.13. The van der Waals surface area contributed by atoms with Crippen molar-refractivity contribution in [1.29, 1.82) is 5.41 Å². The molecule has 1 atom stereocenters. The number of hydrogen-bond donors (Lipinski definition) is 1. The van der Waals surface area contributed by atoms with Gasteiger partial charge in [0.05, 0.1) is 11.8 Å². The Balaban J connectivity index is 2.48. The molecule has 0 saturated carbocycles. The molecule has 56 valence electrons. The average Bonchev–Trinajstić information content (AvgIpc) is 2.05. The van der Waals surface area contributed by atoms with E-state index in [4.69, 9.17) is 10.1 Å². The first-order chi connectivity index (χ1) is 4.86. The molecule has 0 aliphatic carbocycles. The molecule has 1 rings (SSSR count). The van der Waals surface area contributed by atoms with E-state index < -0.39 is 0 Å². The van der Waals surface area contributed by atoms with Gasteiger partial charge in [-0.2, -0.15) is 0 Å². The van der Waals surface area contributed by atoms with Crippen LogP contribution in [0, 0.1) is 5.41 Å². The Morgan fingerprint density at radius 2 is 2.60 bits per heavy atom. The van der Waals surface area contributed by atoms with Crippen LogP contribution in [0.15, 0.2) is 4.99 Å². The third kappa shape index (κ3) is 1.64. The number of rotatable bonds is 2. The standard InChI is InChI=1S/C7H12N2O/c1-10-7-2-3-9-6(4-7)5-8/h5,7-8H,2-4H2,1H3. The lowest BCUT2D eigenvalue weighted by Gasteiger charge is -2.17. The van der Waals surface area contributed by atoms with Crippen molar-refractivity contribution in [3.05, 3.63) is 0 Å². The number of nitrogens with zero attached hydrogens (tertiary/aromatic N) is 1. The SMILES string of the molecule is COC1CCN=C(C=N)C1. The first-order valence-corrected chi connectivity index (χ1v) is 3.43. The van der Waals surface area contributed by atoms with Crippen molar-refractivity contribution in [2.45, 2.75) is 18.9 Å². The van der Waals surface area contributed by atoms with Crippen LogP contribution in [0.5, 0.6) is 0 Å². The lowest BCUT2D eigenvalue weighted by molar-refractivity contribution is 0.101. The molecule has 0 radical (unpaired) electrons. The summed E-state index contributed by atoms with van der Waals surface area (Å²) in [5.74, 6) is 0. The fourth-order valence-corrected chi connectivity index (χ4v) is 1.06. The summed E-state index contributed by atoms with van der Waals surface area (Å²) in [5, 5.41) is 6.95. The topological polar surface area (TPSA) is 45.4 Å². The molecule has 1 aliphatic rings. The molecule has 10 heavy (non-hydrogen) atoms. The van der Waals surface area contributed by atoms with Crippen LogP contribution < -0.4 is 0 Å². The molecule has 0 aromatic carbocycles. The number of hydrogen-bond acceptors (Lipinski definition) is 3. The predicted molar refractivity (Wildman–Crippen MR) is 41.1 cm³/mol. The molecule has 0 spiro atoms. The van der Waals surface area contributed by atoms with Gasteiger partial charge in [-0.1, -0.05) is 0 Å². The van der Waals surface area contributed by atoms with Crippen molar-refractivity contribution in [3.8, 4) is 0 Å². The van der Waals surface area contributed by atoms with E-state index in [2.05, 4.69) is 4.99 Å². The minimum atomic E-state index is 0.286. The van der Waals surface area contributed by atoms with E-state index in [0.717, 1.165) is 25.1 Å². The van der Waals surface area contributed by atoms with Crippen LogP contribution in [0.2, 0.25) is 0 Å². The lowest BCUT2D eigenvalue weighted by Crippen LogP contribution is -2.22. The second-order valence-electron chi connectivity index (χ2n) is 2.37. The Labute approximate surface area is 60.6 Å². The van der Waals surface area contributed by atoms with Crippen LogP contribution in [-0.2, 0) is 4.74 Å². The summed E-state index contributed by atoms with van der Waals surface area (Å²) in [6, 6.07) is 0. The molecule has 0 fully saturated rings. The Morgan fingerprint density at radius 3 is 3.20 bits per heavy atom. The minimum absolute atomic E-state index is 0.286. The van der Waals surface area contributed by atoms with E-state index in [1.807, 2.05) is 0 Å². The summed E-state index contributed by atoms with van der Waals surface area (Å²) in [7, 11) is 1.71. The van der Waals surface area contributed by atoms with Crippen LogP contribution in [0.4, 0.5) is 0 Å². The van der Waals surface area contributed by atoms with Crippen molar-refractivity contribution in [3.63, 3.8) is 0 Å². The number of methoxy groups -OCH3 is 1. The van der Waals surface area contributed by atoms with Gasteiger partial charge in [0, 0.05) is 26.3 Å². The highest BCUT2D eigenvalue weighted by atomic mass is 16.5. The second-order valence-corrected chi connectivity index (χ2v) is 2.37. The van der Waals surface area contributed by atoms with Crippen LogP contribution in [0.1, 0.15) is 12.8 Å². The first kappa shape index (κ1) is 7.41. The lowest BCUT2D eigenvalue weighted by atomic mass is 10.1. The Bertz CT molecular complexity index is 154. The Morgan fingerprint density at radius 1 is 1.80 bits per heavy atom. The van der Waals surface area contributed by atoms with Gasteiger partial charge >= 0.3 is 0 Å². The zero-order chi connectivity index (χ0) is 7.40. The maximum Gasteiger partial charge on any atom is 0.0644 e. The number of aliphatic imine (C=N–C) groups is 1. The summed E-state index contributed by atoms with van der Waals surface area (Å²) < 4.78 is 5.14. The zero-order valence-corrected chi connectivity index (χ0v) is 6.13. The predicted octanol–water partition coefficient (Wildman–Crippen LogP) is 0.886. The van der Waals surface area contributed by atoms with Crippen molar-refractivity contribution >= 4 is 11.9 Å². The van der Waals surface area contributed by atoms with Gasteiger partial charge < -0.3 is 10.1 Å². The van der Waals surface area contributed by atoms with Gasteiger partial charge in [0.2, 0.25) is 0 Å². The quantitative estimate of drug-likeness (QED) is 0.569.